The van der Waals surface area contributed by atoms with Crippen LogP contribution in [0.4, 0.5) is 13.2 Å². The zero-order valence-electron chi connectivity index (χ0n) is 8.87. The molecule has 1 aromatic carbocycles. The van der Waals surface area contributed by atoms with Gasteiger partial charge in [0.25, 0.3) is 0 Å². The number of hydrogen-bond acceptors (Lipinski definition) is 3. The molecule has 6 heteroatoms. The minimum absolute atomic E-state index is 0.00190. The predicted octanol–water partition coefficient (Wildman–Crippen LogP) is 2.77. The molecule has 0 N–H and O–H groups in total. The van der Waals surface area contributed by atoms with Crippen molar-refractivity contribution in [3.63, 3.8) is 0 Å². The Hall–Kier alpha value is -1.56. The maximum atomic E-state index is 11.6. The molecule has 0 spiro atoms. The van der Waals surface area contributed by atoms with Crippen molar-refractivity contribution in [1.29, 1.82) is 0 Å². The third-order valence-electron chi connectivity index (χ3n) is 1.80. The lowest BCUT2D eigenvalue weighted by molar-refractivity contribution is -0.324. The molecule has 94 valence electrons. The number of hydrogen-bond donors (Lipinski definition) is 0. The van der Waals surface area contributed by atoms with Crippen LogP contribution in [0.2, 0.25) is 0 Å². The van der Waals surface area contributed by atoms with Crippen LogP contribution < -0.4 is 0 Å². The van der Waals surface area contributed by atoms with Crippen molar-refractivity contribution >= 4 is 5.97 Å². The van der Waals surface area contributed by atoms with Gasteiger partial charge in [0.15, 0.2) is 0 Å². The third-order valence-corrected chi connectivity index (χ3v) is 1.80. The number of carbonyl (C=O) groups is 1. The molecule has 1 rings (SSSR count). The molecule has 0 saturated carbocycles. The first-order chi connectivity index (χ1) is 7.99. The van der Waals surface area contributed by atoms with Gasteiger partial charge >= 0.3 is 12.3 Å². The van der Waals surface area contributed by atoms with Crippen LogP contribution in [0.15, 0.2) is 30.3 Å². The van der Waals surface area contributed by atoms with Gasteiger partial charge in [0.05, 0.1) is 18.8 Å². The highest BCUT2D eigenvalue weighted by molar-refractivity contribution is 5.89. The highest BCUT2D eigenvalue weighted by Gasteiger charge is 2.28. The van der Waals surface area contributed by atoms with Crippen LogP contribution in [0.5, 0.6) is 0 Å². The Bertz CT molecular complexity index is 349. The number of halogens is 3. The maximum absolute atomic E-state index is 11.6. The van der Waals surface area contributed by atoms with E-state index in [2.05, 4.69) is 4.74 Å². The summed E-state index contributed by atoms with van der Waals surface area (Å²) in [6, 6.07) is 8.21. The van der Waals surface area contributed by atoms with Gasteiger partial charge in [-0.25, -0.2) is 4.79 Å². The molecule has 0 heterocycles. The summed E-state index contributed by atoms with van der Waals surface area (Å²) >= 11 is 0. The quantitative estimate of drug-likeness (QED) is 0.593. The van der Waals surface area contributed by atoms with E-state index in [0.717, 1.165) is 0 Å². The zero-order chi connectivity index (χ0) is 12.7. The highest BCUT2D eigenvalue weighted by atomic mass is 19.4. The Kier molecular flexibility index (Phi) is 4.96. The molecular weight excluding hydrogens is 237 g/mol. The first-order valence-electron chi connectivity index (χ1n) is 4.92. The van der Waals surface area contributed by atoms with E-state index in [9.17, 15) is 18.0 Å². The van der Waals surface area contributed by atoms with E-state index in [4.69, 9.17) is 4.74 Å². The predicted molar refractivity (Wildman–Crippen MR) is 53.3 cm³/mol. The molecule has 0 unspecified atom stereocenters. The summed E-state index contributed by atoms with van der Waals surface area (Å²) in [6.07, 6.45) is -4.64. The number of benzene rings is 1. The van der Waals surface area contributed by atoms with Crippen LogP contribution in [0.1, 0.15) is 16.8 Å². The van der Waals surface area contributed by atoms with E-state index in [1.54, 1.807) is 30.3 Å². The molecule has 0 bridgehead atoms. The van der Waals surface area contributed by atoms with Crippen LogP contribution in [0.25, 0.3) is 0 Å². The molecule has 0 aliphatic heterocycles. The Morgan fingerprint density at radius 3 is 2.35 bits per heavy atom. The van der Waals surface area contributed by atoms with Gasteiger partial charge in [0.1, 0.15) is 0 Å². The van der Waals surface area contributed by atoms with Crippen LogP contribution in [0, 0.1) is 0 Å². The summed E-state index contributed by atoms with van der Waals surface area (Å²) < 4.78 is 43.0. The van der Waals surface area contributed by atoms with Gasteiger partial charge in [0.2, 0.25) is 0 Å². The largest absolute Gasteiger partial charge is 0.522 e. The van der Waals surface area contributed by atoms with Gasteiger partial charge in [-0.05, 0) is 12.1 Å². The van der Waals surface area contributed by atoms with Crippen LogP contribution >= 0.6 is 0 Å². The van der Waals surface area contributed by atoms with Gasteiger partial charge in [0, 0.05) is 6.42 Å². The van der Waals surface area contributed by atoms with Gasteiger partial charge in [-0.3, -0.25) is 4.74 Å². The molecule has 3 nitrogen and oxygen atoms in total. The van der Waals surface area contributed by atoms with Crippen molar-refractivity contribution in [3.05, 3.63) is 35.9 Å². The Labute approximate surface area is 96.1 Å². The lowest BCUT2D eigenvalue weighted by Crippen LogP contribution is -2.16. The van der Waals surface area contributed by atoms with Crippen molar-refractivity contribution in [2.45, 2.75) is 12.8 Å². The normalized spacial score (nSPS) is 11.2. The van der Waals surface area contributed by atoms with Crippen molar-refractivity contribution in [2.24, 2.45) is 0 Å². The number of rotatable bonds is 5. The second kappa shape index (κ2) is 6.24. The van der Waals surface area contributed by atoms with E-state index in [0.29, 0.717) is 5.56 Å². The number of ether oxygens (including phenoxy) is 2. The van der Waals surface area contributed by atoms with Crippen molar-refractivity contribution < 1.29 is 27.4 Å². The molecule has 1 aromatic rings. The first kappa shape index (κ1) is 13.5. The van der Waals surface area contributed by atoms with Gasteiger partial charge in [-0.2, -0.15) is 0 Å². The smallest absolute Gasteiger partial charge is 0.462 e. The van der Waals surface area contributed by atoms with Gasteiger partial charge < -0.3 is 4.74 Å². The molecular formula is C11H11F3O3. The summed E-state index contributed by atoms with van der Waals surface area (Å²) in [5.41, 5.74) is 0.365. The second-order valence-electron chi connectivity index (χ2n) is 3.15. The fourth-order valence-corrected chi connectivity index (χ4v) is 1.07. The Morgan fingerprint density at radius 1 is 1.12 bits per heavy atom. The van der Waals surface area contributed by atoms with Crippen molar-refractivity contribution in [3.8, 4) is 0 Å². The summed E-state index contributed by atoms with van der Waals surface area (Å²) in [4.78, 5) is 11.3. The topological polar surface area (TPSA) is 35.5 Å². The number of esters is 1. The molecule has 0 aromatic heterocycles. The van der Waals surface area contributed by atoms with Crippen LogP contribution in [-0.2, 0) is 9.47 Å². The van der Waals surface area contributed by atoms with Crippen molar-refractivity contribution in [2.75, 3.05) is 13.2 Å². The molecule has 0 fully saturated rings. The van der Waals surface area contributed by atoms with Gasteiger partial charge in [-0.15, -0.1) is 13.2 Å². The van der Waals surface area contributed by atoms with Crippen LogP contribution in [-0.4, -0.2) is 25.5 Å². The summed E-state index contributed by atoms with van der Waals surface area (Å²) in [6.45, 7) is -0.630. The molecule has 17 heavy (non-hydrogen) atoms. The highest BCUT2D eigenvalue weighted by Crippen LogP contribution is 2.16. The summed E-state index contributed by atoms with van der Waals surface area (Å²) in [5.74, 6) is -0.558. The molecule has 0 saturated heterocycles. The summed E-state index contributed by atoms with van der Waals surface area (Å²) in [7, 11) is 0. The lowest BCUT2D eigenvalue weighted by Gasteiger charge is -2.07. The monoisotopic (exact) mass is 248 g/mol. The van der Waals surface area contributed by atoms with E-state index in [1.165, 1.54) is 0 Å². The van der Waals surface area contributed by atoms with E-state index in [1.807, 2.05) is 0 Å². The zero-order valence-corrected chi connectivity index (χ0v) is 8.87. The fourth-order valence-electron chi connectivity index (χ4n) is 1.07. The van der Waals surface area contributed by atoms with E-state index < -0.39 is 18.9 Å². The fraction of sp³-hybridized carbons (Fsp3) is 0.364. The number of carbonyl (C=O) groups excluding carboxylic acids is 1. The average molecular weight is 248 g/mol. The molecule has 0 radical (unpaired) electrons. The Morgan fingerprint density at radius 2 is 1.76 bits per heavy atom. The van der Waals surface area contributed by atoms with E-state index in [-0.39, 0.29) is 13.0 Å². The molecule has 0 aliphatic carbocycles. The maximum Gasteiger partial charge on any atom is 0.522 e. The molecule has 0 aliphatic rings. The minimum Gasteiger partial charge on any atom is -0.462 e. The molecule has 0 amide bonds. The van der Waals surface area contributed by atoms with E-state index >= 15 is 0 Å². The average Bonchev–Trinajstić information content (AvgIpc) is 2.28. The second-order valence-corrected chi connectivity index (χ2v) is 3.15. The minimum atomic E-state index is -4.64. The lowest BCUT2D eigenvalue weighted by atomic mass is 10.2. The van der Waals surface area contributed by atoms with Crippen LogP contribution in [0.3, 0.4) is 0 Å². The first-order valence-corrected chi connectivity index (χ1v) is 4.92. The van der Waals surface area contributed by atoms with Crippen molar-refractivity contribution in [1.82, 2.24) is 0 Å². The molecule has 0 atom stereocenters. The third kappa shape index (κ3) is 5.91. The summed E-state index contributed by atoms with van der Waals surface area (Å²) in [5, 5.41) is 0. The standard InChI is InChI=1S/C11H11F3O3/c12-11(13,14)17-8-4-7-16-10(15)9-5-2-1-3-6-9/h1-3,5-6H,4,7-8H2. The number of alkyl halides is 3. The van der Waals surface area contributed by atoms with Gasteiger partial charge in [-0.1, -0.05) is 18.2 Å². The Balaban J connectivity index is 2.18. The SMILES string of the molecule is O=C(OCCCOC(F)(F)F)c1ccccc1.